The summed E-state index contributed by atoms with van der Waals surface area (Å²) in [5, 5.41) is 12.1. The molecule has 15 heavy (non-hydrogen) atoms. The van der Waals surface area contributed by atoms with E-state index in [-0.39, 0.29) is 5.41 Å². The van der Waals surface area contributed by atoms with Gasteiger partial charge in [-0.15, -0.1) is 0 Å². The van der Waals surface area contributed by atoms with E-state index in [1.807, 2.05) is 32.0 Å². The third-order valence-electron chi connectivity index (χ3n) is 2.14. The molecule has 80 valence electrons. The molecule has 0 atom stereocenters. The maximum Gasteiger partial charge on any atom is 0.0697 e. The molecule has 0 aliphatic rings. The van der Waals surface area contributed by atoms with Gasteiger partial charge in [0.25, 0.3) is 0 Å². The average Bonchev–Trinajstić information content (AvgIpc) is 2.21. The van der Waals surface area contributed by atoms with E-state index in [0.717, 1.165) is 11.0 Å². The standard InChI is InChI=1S/C12H15BrN2/c1-12(2,8-14)9-15-7-10-5-3-4-6-11(10)13/h3-6,15H,7,9H2,1-2H3. The molecule has 0 unspecified atom stereocenters. The van der Waals surface area contributed by atoms with Crippen molar-refractivity contribution < 1.29 is 0 Å². The van der Waals surface area contributed by atoms with Crippen LogP contribution in [0.5, 0.6) is 0 Å². The topological polar surface area (TPSA) is 35.8 Å². The van der Waals surface area contributed by atoms with Gasteiger partial charge in [0.2, 0.25) is 0 Å². The number of nitrogens with zero attached hydrogens (tertiary/aromatic N) is 1. The smallest absolute Gasteiger partial charge is 0.0697 e. The summed E-state index contributed by atoms with van der Waals surface area (Å²) in [4.78, 5) is 0. The zero-order chi connectivity index (χ0) is 11.3. The van der Waals surface area contributed by atoms with Gasteiger partial charge >= 0.3 is 0 Å². The summed E-state index contributed by atoms with van der Waals surface area (Å²) in [6, 6.07) is 10.4. The Hall–Kier alpha value is -0.850. The van der Waals surface area contributed by atoms with E-state index in [4.69, 9.17) is 5.26 Å². The molecule has 3 heteroatoms. The van der Waals surface area contributed by atoms with Crippen LogP contribution in [0.15, 0.2) is 28.7 Å². The van der Waals surface area contributed by atoms with Crippen molar-refractivity contribution in [2.45, 2.75) is 20.4 Å². The first-order chi connectivity index (χ1) is 7.05. The molecule has 1 N–H and O–H groups in total. The van der Waals surface area contributed by atoms with Gasteiger partial charge in [0.15, 0.2) is 0 Å². The third-order valence-corrected chi connectivity index (χ3v) is 2.92. The molecule has 1 aromatic rings. The second kappa shape index (κ2) is 5.29. The van der Waals surface area contributed by atoms with Crippen molar-refractivity contribution in [1.29, 1.82) is 5.26 Å². The summed E-state index contributed by atoms with van der Waals surface area (Å²) < 4.78 is 1.10. The fourth-order valence-corrected chi connectivity index (χ4v) is 1.62. The van der Waals surface area contributed by atoms with Crippen LogP contribution in [0.1, 0.15) is 19.4 Å². The Kier molecular flexibility index (Phi) is 4.31. The zero-order valence-corrected chi connectivity index (χ0v) is 10.6. The van der Waals surface area contributed by atoms with Crippen molar-refractivity contribution in [3.8, 4) is 6.07 Å². The van der Waals surface area contributed by atoms with Crippen LogP contribution in [-0.2, 0) is 6.54 Å². The van der Waals surface area contributed by atoms with Crippen LogP contribution in [0.4, 0.5) is 0 Å². The predicted molar refractivity (Wildman–Crippen MR) is 65.2 cm³/mol. The first-order valence-corrected chi connectivity index (χ1v) is 5.70. The van der Waals surface area contributed by atoms with E-state index in [1.54, 1.807) is 0 Å². The van der Waals surface area contributed by atoms with E-state index in [2.05, 4.69) is 33.4 Å². The summed E-state index contributed by atoms with van der Waals surface area (Å²) >= 11 is 3.49. The number of hydrogen-bond acceptors (Lipinski definition) is 2. The van der Waals surface area contributed by atoms with Crippen LogP contribution in [0, 0.1) is 16.7 Å². The molecule has 0 amide bonds. The first-order valence-electron chi connectivity index (χ1n) is 4.90. The van der Waals surface area contributed by atoms with Crippen molar-refractivity contribution in [3.05, 3.63) is 34.3 Å². The lowest BCUT2D eigenvalue weighted by Crippen LogP contribution is -2.27. The van der Waals surface area contributed by atoms with Gasteiger partial charge in [0, 0.05) is 17.6 Å². The lowest BCUT2D eigenvalue weighted by Gasteiger charge is -2.16. The predicted octanol–water partition coefficient (Wildman–Crippen LogP) is 3.09. The normalized spacial score (nSPS) is 11.1. The third kappa shape index (κ3) is 4.03. The lowest BCUT2D eigenvalue weighted by atomic mass is 9.96. The number of halogens is 1. The van der Waals surface area contributed by atoms with Crippen LogP contribution in [-0.4, -0.2) is 6.54 Å². The van der Waals surface area contributed by atoms with Gasteiger partial charge in [-0.3, -0.25) is 0 Å². The molecule has 0 radical (unpaired) electrons. The molecule has 0 saturated carbocycles. The molecule has 0 saturated heterocycles. The highest BCUT2D eigenvalue weighted by Gasteiger charge is 2.15. The molecular formula is C12H15BrN2. The van der Waals surface area contributed by atoms with Crippen LogP contribution < -0.4 is 5.32 Å². The molecule has 2 nitrogen and oxygen atoms in total. The summed E-state index contributed by atoms with van der Waals surface area (Å²) in [5.74, 6) is 0. The summed E-state index contributed by atoms with van der Waals surface area (Å²) in [5.41, 5.74) is 0.910. The van der Waals surface area contributed by atoms with Crippen LogP contribution in [0.3, 0.4) is 0 Å². The van der Waals surface area contributed by atoms with Crippen molar-refractivity contribution in [2.24, 2.45) is 5.41 Å². The van der Waals surface area contributed by atoms with E-state index in [1.165, 1.54) is 5.56 Å². The van der Waals surface area contributed by atoms with Crippen molar-refractivity contribution in [2.75, 3.05) is 6.54 Å². The molecule has 0 fully saturated rings. The van der Waals surface area contributed by atoms with Crippen LogP contribution >= 0.6 is 15.9 Å². The van der Waals surface area contributed by atoms with Crippen molar-refractivity contribution in [3.63, 3.8) is 0 Å². The maximum atomic E-state index is 8.85. The van der Waals surface area contributed by atoms with E-state index < -0.39 is 0 Å². The molecule has 0 aliphatic carbocycles. The maximum absolute atomic E-state index is 8.85. The molecule has 0 bridgehead atoms. The first kappa shape index (κ1) is 12.2. The van der Waals surface area contributed by atoms with Gasteiger partial charge < -0.3 is 5.32 Å². The summed E-state index contributed by atoms with van der Waals surface area (Å²) in [6.45, 7) is 5.34. The monoisotopic (exact) mass is 266 g/mol. The number of nitrogens with one attached hydrogen (secondary N) is 1. The number of benzene rings is 1. The highest BCUT2D eigenvalue weighted by atomic mass is 79.9. The second-order valence-electron chi connectivity index (χ2n) is 4.19. The molecule has 0 aromatic heterocycles. The van der Waals surface area contributed by atoms with Crippen molar-refractivity contribution in [1.82, 2.24) is 5.32 Å². The minimum absolute atomic E-state index is 0.304. The minimum Gasteiger partial charge on any atom is -0.311 e. The van der Waals surface area contributed by atoms with Gasteiger partial charge in [-0.05, 0) is 25.5 Å². The summed E-state index contributed by atoms with van der Waals surface area (Å²) in [7, 11) is 0. The quantitative estimate of drug-likeness (QED) is 0.909. The fourth-order valence-electron chi connectivity index (χ4n) is 1.19. The largest absolute Gasteiger partial charge is 0.311 e. The Balaban J connectivity index is 2.46. The van der Waals surface area contributed by atoms with E-state index in [0.29, 0.717) is 6.54 Å². The highest BCUT2D eigenvalue weighted by Crippen LogP contribution is 2.16. The number of rotatable bonds is 4. The van der Waals surface area contributed by atoms with Crippen molar-refractivity contribution >= 4 is 15.9 Å². The van der Waals surface area contributed by atoms with Gasteiger partial charge in [-0.1, -0.05) is 34.1 Å². The van der Waals surface area contributed by atoms with Gasteiger partial charge in [-0.25, -0.2) is 0 Å². The molecule has 0 aliphatic heterocycles. The second-order valence-corrected chi connectivity index (χ2v) is 5.04. The van der Waals surface area contributed by atoms with Crippen LogP contribution in [0.25, 0.3) is 0 Å². The Morgan fingerprint density at radius 3 is 2.67 bits per heavy atom. The molecule has 0 spiro atoms. The Morgan fingerprint density at radius 1 is 1.40 bits per heavy atom. The number of hydrogen-bond donors (Lipinski definition) is 1. The van der Waals surface area contributed by atoms with E-state index in [9.17, 15) is 0 Å². The van der Waals surface area contributed by atoms with Crippen LogP contribution in [0.2, 0.25) is 0 Å². The molecular weight excluding hydrogens is 252 g/mol. The zero-order valence-electron chi connectivity index (χ0n) is 9.05. The van der Waals surface area contributed by atoms with E-state index >= 15 is 0 Å². The molecule has 1 rings (SSSR count). The van der Waals surface area contributed by atoms with Gasteiger partial charge in [0.05, 0.1) is 11.5 Å². The van der Waals surface area contributed by atoms with Gasteiger partial charge in [-0.2, -0.15) is 5.26 Å². The fraction of sp³-hybridized carbons (Fsp3) is 0.417. The Labute approximate surface area is 99.4 Å². The minimum atomic E-state index is -0.304. The number of nitriles is 1. The summed E-state index contributed by atoms with van der Waals surface area (Å²) in [6.07, 6.45) is 0. The SMILES string of the molecule is CC(C)(C#N)CNCc1ccccc1Br. The molecule has 1 aromatic carbocycles. The van der Waals surface area contributed by atoms with Gasteiger partial charge in [0.1, 0.15) is 0 Å². The Bertz CT molecular complexity index is 366. The lowest BCUT2D eigenvalue weighted by molar-refractivity contribution is 0.445. The molecule has 0 heterocycles. The average molecular weight is 267 g/mol. The Morgan fingerprint density at radius 2 is 2.07 bits per heavy atom. The highest BCUT2D eigenvalue weighted by molar-refractivity contribution is 9.10.